The van der Waals surface area contributed by atoms with Gasteiger partial charge in [0.2, 0.25) is 0 Å². The van der Waals surface area contributed by atoms with Gasteiger partial charge in [-0.25, -0.2) is 9.59 Å². The van der Waals surface area contributed by atoms with Crippen LogP contribution in [0.4, 0.5) is 4.79 Å². The lowest BCUT2D eigenvalue weighted by molar-refractivity contribution is -0.144. The molecule has 6 heteroatoms. The van der Waals surface area contributed by atoms with Gasteiger partial charge in [0.1, 0.15) is 5.54 Å². The number of urea groups is 1. The number of amides is 2. The van der Waals surface area contributed by atoms with E-state index < -0.39 is 11.5 Å². The van der Waals surface area contributed by atoms with Crippen molar-refractivity contribution in [2.45, 2.75) is 57.3 Å². The Morgan fingerprint density at radius 3 is 2.21 bits per heavy atom. The molecular formula is C13H22N2O4. The number of nitrogens with one attached hydrogen (secondary N) is 1. The van der Waals surface area contributed by atoms with Gasteiger partial charge in [-0.2, -0.15) is 0 Å². The van der Waals surface area contributed by atoms with Crippen LogP contribution in [-0.2, 0) is 9.53 Å². The lowest BCUT2D eigenvalue weighted by Gasteiger charge is -2.37. The zero-order chi connectivity index (χ0) is 14.0. The van der Waals surface area contributed by atoms with Gasteiger partial charge in [-0.3, -0.25) is 0 Å². The molecule has 108 valence electrons. The van der Waals surface area contributed by atoms with Gasteiger partial charge in [0.25, 0.3) is 0 Å². The van der Waals surface area contributed by atoms with Gasteiger partial charge in [-0.1, -0.05) is 12.8 Å². The predicted octanol–water partition coefficient (Wildman–Crippen LogP) is 1.20. The van der Waals surface area contributed by atoms with Crippen LogP contribution in [0.3, 0.4) is 0 Å². The van der Waals surface area contributed by atoms with Crippen molar-refractivity contribution in [3.05, 3.63) is 0 Å². The third kappa shape index (κ3) is 3.00. The lowest BCUT2D eigenvalue weighted by Crippen LogP contribution is -2.59. The van der Waals surface area contributed by atoms with Crippen LogP contribution in [0.15, 0.2) is 0 Å². The minimum Gasteiger partial charge on any atom is -0.480 e. The molecule has 0 unspecified atom stereocenters. The normalized spacial score (nSPS) is 30.1. The van der Waals surface area contributed by atoms with Crippen LogP contribution >= 0.6 is 0 Å². The minimum atomic E-state index is -1.07. The summed E-state index contributed by atoms with van der Waals surface area (Å²) in [7, 11) is 0. The van der Waals surface area contributed by atoms with Crippen LogP contribution in [0.1, 0.15) is 39.5 Å². The molecule has 0 bridgehead atoms. The highest BCUT2D eigenvalue weighted by molar-refractivity contribution is 5.86. The van der Waals surface area contributed by atoms with Crippen LogP contribution in [-0.4, -0.2) is 52.8 Å². The van der Waals surface area contributed by atoms with Crippen LogP contribution in [0.2, 0.25) is 0 Å². The molecule has 19 heavy (non-hydrogen) atoms. The van der Waals surface area contributed by atoms with E-state index >= 15 is 0 Å². The number of carbonyl (C=O) groups is 2. The highest BCUT2D eigenvalue weighted by atomic mass is 16.5. The standard InChI is InChI=1S/C13H22N2O4/c1-9-7-15(8-10(2)19-9)12(18)14-13(11(16)17)5-3-4-6-13/h9-10H,3-8H2,1-2H3,(H,14,18)(H,16,17)/t9-,10+. The smallest absolute Gasteiger partial charge is 0.329 e. The van der Waals surface area contributed by atoms with E-state index in [9.17, 15) is 14.7 Å². The topological polar surface area (TPSA) is 78.9 Å². The van der Waals surface area contributed by atoms with Crippen molar-refractivity contribution in [2.75, 3.05) is 13.1 Å². The van der Waals surface area contributed by atoms with Crippen LogP contribution in [0, 0.1) is 0 Å². The summed E-state index contributed by atoms with van der Waals surface area (Å²) < 4.78 is 5.57. The van der Waals surface area contributed by atoms with Crippen molar-refractivity contribution < 1.29 is 19.4 Å². The largest absolute Gasteiger partial charge is 0.480 e. The molecule has 1 saturated carbocycles. The zero-order valence-corrected chi connectivity index (χ0v) is 11.5. The summed E-state index contributed by atoms with van der Waals surface area (Å²) in [5.41, 5.74) is -1.07. The molecule has 2 rings (SSSR count). The maximum absolute atomic E-state index is 12.3. The first kappa shape index (κ1) is 14.1. The number of rotatable bonds is 2. The Hall–Kier alpha value is -1.30. The first-order chi connectivity index (χ1) is 8.93. The molecule has 0 aromatic carbocycles. The second-order valence-electron chi connectivity index (χ2n) is 5.69. The molecule has 1 saturated heterocycles. The van der Waals surface area contributed by atoms with E-state index in [-0.39, 0.29) is 18.2 Å². The molecule has 2 N–H and O–H groups in total. The average molecular weight is 270 g/mol. The van der Waals surface area contributed by atoms with E-state index in [4.69, 9.17) is 4.74 Å². The van der Waals surface area contributed by atoms with Crippen molar-refractivity contribution in [1.82, 2.24) is 10.2 Å². The van der Waals surface area contributed by atoms with E-state index in [1.54, 1.807) is 4.90 Å². The molecule has 0 aromatic heterocycles. The van der Waals surface area contributed by atoms with Gasteiger partial charge >= 0.3 is 12.0 Å². The first-order valence-electron chi connectivity index (χ1n) is 6.89. The molecule has 1 heterocycles. The molecule has 1 aliphatic carbocycles. The second kappa shape index (κ2) is 5.36. The van der Waals surface area contributed by atoms with Crippen LogP contribution in [0.25, 0.3) is 0 Å². The zero-order valence-electron chi connectivity index (χ0n) is 11.5. The number of carboxylic acids is 1. The third-order valence-electron chi connectivity index (χ3n) is 3.92. The van der Waals surface area contributed by atoms with E-state index in [0.29, 0.717) is 25.9 Å². The Bertz CT molecular complexity index is 356. The number of carboxylic acid groups (broad SMARTS) is 1. The highest BCUT2D eigenvalue weighted by Crippen LogP contribution is 2.30. The van der Waals surface area contributed by atoms with Gasteiger partial charge < -0.3 is 20.1 Å². The molecule has 6 nitrogen and oxygen atoms in total. The predicted molar refractivity (Wildman–Crippen MR) is 68.9 cm³/mol. The molecule has 2 aliphatic rings. The van der Waals surface area contributed by atoms with Gasteiger partial charge in [-0.05, 0) is 26.7 Å². The number of ether oxygens (including phenoxy) is 1. The molecular weight excluding hydrogens is 248 g/mol. The Balaban J connectivity index is 2.01. The minimum absolute atomic E-state index is 0.0149. The Kier molecular flexibility index (Phi) is 3.99. The monoisotopic (exact) mass is 270 g/mol. The number of hydrogen-bond donors (Lipinski definition) is 2. The number of morpholine rings is 1. The Labute approximate surface area is 113 Å². The van der Waals surface area contributed by atoms with E-state index in [0.717, 1.165) is 12.8 Å². The fourth-order valence-corrected chi connectivity index (χ4v) is 3.00. The van der Waals surface area contributed by atoms with Crippen molar-refractivity contribution in [1.29, 1.82) is 0 Å². The Morgan fingerprint density at radius 2 is 1.74 bits per heavy atom. The molecule has 2 atom stereocenters. The molecule has 2 fully saturated rings. The third-order valence-corrected chi connectivity index (χ3v) is 3.92. The van der Waals surface area contributed by atoms with Crippen molar-refractivity contribution in [2.24, 2.45) is 0 Å². The maximum atomic E-state index is 12.3. The highest BCUT2D eigenvalue weighted by Gasteiger charge is 2.43. The SMILES string of the molecule is C[C@@H]1CN(C(=O)NC2(C(=O)O)CCCC2)C[C@H](C)O1. The Morgan fingerprint density at radius 1 is 1.21 bits per heavy atom. The molecule has 0 spiro atoms. The molecule has 0 aromatic rings. The average Bonchev–Trinajstić information content (AvgIpc) is 2.77. The summed E-state index contributed by atoms with van der Waals surface area (Å²) in [4.78, 5) is 25.3. The fraction of sp³-hybridized carbons (Fsp3) is 0.846. The van der Waals surface area contributed by atoms with Gasteiger partial charge in [-0.15, -0.1) is 0 Å². The van der Waals surface area contributed by atoms with Crippen molar-refractivity contribution in [3.63, 3.8) is 0 Å². The fourth-order valence-electron chi connectivity index (χ4n) is 3.00. The van der Waals surface area contributed by atoms with Crippen LogP contribution < -0.4 is 5.32 Å². The summed E-state index contributed by atoms with van der Waals surface area (Å²) in [6, 6.07) is -0.286. The molecule has 2 amide bonds. The number of nitrogens with zero attached hydrogens (tertiary/aromatic N) is 1. The lowest BCUT2D eigenvalue weighted by atomic mass is 9.98. The van der Waals surface area contributed by atoms with Crippen molar-refractivity contribution in [3.8, 4) is 0 Å². The van der Waals surface area contributed by atoms with E-state index in [1.165, 1.54) is 0 Å². The summed E-state index contributed by atoms with van der Waals surface area (Å²) in [5, 5.41) is 12.1. The number of carbonyl (C=O) groups excluding carboxylic acids is 1. The quantitative estimate of drug-likeness (QED) is 0.790. The van der Waals surface area contributed by atoms with Crippen molar-refractivity contribution >= 4 is 12.0 Å². The number of hydrogen-bond acceptors (Lipinski definition) is 3. The van der Waals surface area contributed by atoms with Gasteiger partial charge in [0.15, 0.2) is 0 Å². The summed E-state index contributed by atoms with van der Waals surface area (Å²) in [6.45, 7) is 4.84. The first-order valence-corrected chi connectivity index (χ1v) is 6.89. The van der Waals surface area contributed by atoms with E-state index in [2.05, 4.69) is 5.32 Å². The molecule has 1 aliphatic heterocycles. The van der Waals surface area contributed by atoms with Gasteiger partial charge in [0, 0.05) is 13.1 Å². The maximum Gasteiger partial charge on any atom is 0.329 e. The van der Waals surface area contributed by atoms with Crippen LogP contribution in [0.5, 0.6) is 0 Å². The second-order valence-corrected chi connectivity index (χ2v) is 5.69. The van der Waals surface area contributed by atoms with Gasteiger partial charge in [0.05, 0.1) is 12.2 Å². The van der Waals surface area contributed by atoms with E-state index in [1.807, 2.05) is 13.8 Å². The number of aliphatic carboxylic acids is 1. The summed E-state index contributed by atoms with van der Waals surface area (Å²) in [5.74, 6) is -0.923. The summed E-state index contributed by atoms with van der Waals surface area (Å²) >= 11 is 0. The summed E-state index contributed by atoms with van der Waals surface area (Å²) in [6.07, 6.45) is 2.70. The molecule has 0 radical (unpaired) electrons.